The van der Waals surface area contributed by atoms with Gasteiger partial charge < -0.3 is 14.8 Å². The minimum atomic E-state index is -0.398. The van der Waals surface area contributed by atoms with Crippen molar-refractivity contribution >= 4 is 12.0 Å². The summed E-state index contributed by atoms with van der Waals surface area (Å²) in [6.07, 6.45) is 3.04. The molecule has 0 aliphatic rings. The normalized spacial score (nSPS) is 10.8. The zero-order chi connectivity index (χ0) is 22.6. The van der Waals surface area contributed by atoms with E-state index in [0.29, 0.717) is 36.6 Å². The molecule has 0 fully saturated rings. The number of hydrogen-bond donors (Lipinski definition) is 1. The second-order valence-electron chi connectivity index (χ2n) is 7.16. The molecule has 3 rings (SSSR count). The van der Waals surface area contributed by atoms with E-state index >= 15 is 0 Å². The zero-order valence-corrected chi connectivity index (χ0v) is 18.1. The van der Waals surface area contributed by atoms with Gasteiger partial charge in [0.1, 0.15) is 11.6 Å². The Hall–Kier alpha value is -4.04. The van der Waals surface area contributed by atoms with Crippen molar-refractivity contribution in [2.45, 2.75) is 12.8 Å². The van der Waals surface area contributed by atoms with E-state index in [1.165, 1.54) is 5.56 Å². The molecular formula is C27H26N2O3. The standard InChI is InChI=1S/C27H26N2O3/c1-31-26-19-23(12-13-25(26)32-17-15-22-10-6-3-7-11-22)18-24(20-28)27(30)29-16-14-21-8-4-2-5-9-21/h2-13,18-19H,14-17H2,1H3,(H,29,30)/b24-18-. The summed E-state index contributed by atoms with van der Waals surface area (Å²) in [7, 11) is 1.56. The number of ether oxygens (including phenoxy) is 2. The highest BCUT2D eigenvalue weighted by Gasteiger charge is 2.11. The van der Waals surface area contributed by atoms with E-state index < -0.39 is 5.91 Å². The number of amides is 1. The van der Waals surface area contributed by atoms with Crippen LogP contribution in [0.4, 0.5) is 0 Å². The van der Waals surface area contributed by atoms with E-state index in [-0.39, 0.29) is 5.57 Å². The first-order chi connectivity index (χ1) is 15.7. The number of nitrogens with zero attached hydrogens (tertiary/aromatic N) is 1. The Balaban J connectivity index is 1.59. The first kappa shape index (κ1) is 22.6. The van der Waals surface area contributed by atoms with Gasteiger partial charge in [0.05, 0.1) is 13.7 Å². The van der Waals surface area contributed by atoms with E-state index in [1.54, 1.807) is 31.4 Å². The van der Waals surface area contributed by atoms with E-state index in [0.717, 1.165) is 12.0 Å². The van der Waals surface area contributed by atoms with Crippen molar-refractivity contribution in [1.29, 1.82) is 5.26 Å². The third-order valence-electron chi connectivity index (χ3n) is 4.90. The molecular weight excluding hydrogens is 400 g/mol. The summed E-state index contributed by atoms with van der Waals surface area (Å²) < 4.78 is 11.3. The lowest BCUT2D eigenvalue weighted by Crippen LogP contribution is -2.26. The Kier molecular flexibility index (Phi) is 8.47. The highest BCUT2D eigenvalue weighted by molar-refractivity contribution is 6.01. The van der Waals surface area contributed by atoms with Crippen LogP contribution in [0.15, 0.2) is 84.4 Å². The molecule has 0 saturated heterocycles. The fraction of sp³-hybridized carbons (Fsp3) is 0.185. The van der Waals surface area contributed by atoms with Crippen LogP contribution in [0.3, 0.4) is 0 Å². The molecule has 0 heterocycles. The maximum absolute atomic E-state index is 12.4. The number of nitriles is 1. The lowest BCUT2D eigenvalue weighted by atomic mass is 10.1. The van der Waals surface area contributed by atoms with Crippen molar-refractivity contribution in [2.75, 3.05) is 20.3 Å². The first-order valence-electron chi connectivity index (χ1n) is 10.5. The number of methoxy groups -OCH3 is 1. The predicted octanol–water partition coefficient (Wildman–Crippen LogP) is 4.58. The van der Waals surface area contributed by atoms with Crippen molar-refractivity contribution in [3.63, 3.8) is 0 Å². The second-order valence-corrected chi connectivity index (χ2v) is 7.16. The molecule has 3 aromatic carbocycles. The molecule has 3 aromatic rings. The summed E-state index contributed by atoms with van der Waals surface area (Å²) in [6, 6.07) is 27.3. The van der Waals surface area contributed by atoms with Gasteiger partial charge in [-0.3, -0.25) is 4.79 Å². The lowest BCUT2D eigenvalue weighted by molar-refractivity contribution is -0.117. The van der Waals surface area contributed by atoms with E-state index in [2.05, 4.69) is 17.4 Å². The molecule has 32 heavy (non-hydrogen) atoms. The molecule has 1 amide bonds. The van der Waals surface area contributed by atoms with Crippen molar-refractivity contribution in [3.05, 3.63) is 101 Å². The number of carbonyl (C=O) groups is 1. The Bertz CT molecular complexity index is 1090. The molecule has 0 aliphatic heterocycles. The van der Waals surface area contributed by atoms with Crippen molar-refractivity contribution in [3.8, 4) is 17.6 Å². The Labute approximate surface area is 188 Å². The third kappa shape index (κ3) is 6.75. The molecule has 0 spiro atoms. The fourth-order valence-corrected chi connectivity index (χ4v) is 3.19. The highest BCUT2D eigenvalue weighted by Crippen LogP contribution is 2.29. The lowest BCUT2D eigenvalue weighted by Gasteiger charge is -2.11. The summed E-state index contributed by atoms with van der Waals surface area (Å²) >= 11 is 0. The number of carbonyl (C=O) groups excluding carboxylic acids is 1. The number of rotatable bonds is 10. The number of nitrogens with one attached hydrogen (secondary N) is 1. The molecule has 0 radical (unpaired) electrons. The Morgan fingerprint density at radius 3 is 2.22 bits per heavy atom. The van der Waals surface area contributed by atoms with Crippen LogP contribution in [0, 0.1) is 11.3 Å². The molecule has 5 heteroatoms. The molecule has 0 unspecified atom stereocenters. The van der Waals surface area contributed by atoms with Crippen LogP contribution in [0.2, 0.25) is 0 Å². The van der Waals surface area contributed by atoms with Gasteiger partial charge in [-0.25, -0.2) is 0 Å². The van der Waals surface area contributed by atoms with Crippen LogP contribution in [0.1, 0.15) is 16.7 Å². The molecule has 0 aliphatic carbocycles. The van der Waals surface area contributed by atoms with E-state index in [9.17, 15) is 10.1 Å². The van der Waals surface area contributed by atoms with Crippen molar-refractivity contribution < 1.29 is 14.3 Å². The minimum Gasteiger partial charge on any atom is -0.493 e. The molecule has 0 aromatic heterocycles. The molecule has 0 saturated carbocycles. The van der Waals surface area contributed by atoms with Crippen LogP contribution < -0.4 is 14.8 Å². The van der Waals surface area contributed by atoms with Crippen molar-refractivity contribution in [2.24, 2.45) is 0 Å². The van der Waals surface area contributed by atoms with Gasteiger partial charge in [-0.05, 0) is 41.3 Å². The summed E-state index contributed by atoms with van der Waals surface area (Å²) in [6.45, 7) is 0.974. The summed E-state index contributed by atoms with van der Waals surface area (Å²) in [5.41, 5.74) is 3.05. The van der Waals surface area contributed by atoms with Crippen LogP contribution in [0.5, 0.6) is 11.5 Å². The SMILES string of the molecule is COc1cc(/C=C(/C#N)C(=O)NCCc2ccccc2)ccc1OCCc1ccccc1. The van der Waals surface area contributed by atoms with Gasteiger partial charge in [0, 0.05) is 13.0 Å². The largest absolute Gasteiger partial charge is 0.493 e. The van der Waals surface area contributed by atoms with Crippen molar-refractivity contribution in [1.82, 2.24) is 5.32 Å². The predicted molar refractivity (Wildman–Crippen MR) is 125 cm³/mol. The van der Waals surface area contributed by atoms with Gasteiger partial charge in [-0.2, -0.15) is 5.26 Å². The van der Waals surface area contributed by atoms with Crippen LogP contribution in [-0.4, -0.2) is 26.2 Å². The highest BCUT2D eigenvalue weighted by atomic mass is 16.5. The van der Waals surface area contributed by atoms with Gasteiger partial charge in [-0.1, -0.05) is 66.7 Å². The Morgan fingerprint density at radius 2 is 1.59 bits per heavy atom. The van der Waals surface area contributed by atoms with Gasteiger partial charge in [0.25, 0.3) is 5.91 Å². The fourth-order valence-electron chi connectivity index (χ4n) is 3.19. The minimum absolute atomic E-state index is 0.0397. The van der Waals surface area contributed by atoms with Crippen LogP contribution in [0.25, 0.3) is 6.08 Å². The van der Waals surface area contributed by atoms with Gasteiger partial charge in [0.15, 0.2) is 11.5 Å². The van der Waals surface area contributed by atoms with Gasteiger partial charge >= 0.3 is 0 Å². The average molecular weight is 427 g/mol. The Morgan fingerprint density at radius 1 is 0.938 bits per heavy atom. The topological polar surface area (TPSA) is 71.3 Å². The second kappa shape index (κ2) is 12.0. The summed E-state index contributed by atoms with van der Waals surface area (Å²) in [4.78, 5) is 12.4. The number of benzene rings is 3. The third-order valence-corrected chi connectivity index (χ3v) is 4.90. The summed E-state index contributed by atoms with van der Waals surface area (Å²) in [5, 5.41) is 12.2. The molecule has 0 atom stereocenters. The van der Waals surface area contributed by atoms with Crippen LogP contribution >= 0.6 is 0 Å². The summed E-state index contributed by atoms with van der Waals surface area (Å²) in [5.74, 6) is 0.769. The van der Waals surface area contributed by atoms with Gasteiger partial charge in [-0.15, -0.1) is 0 Å². The molecule has 162 valence electrons. The van der Waals surface area contributed by atoms with Crippen LogP contribution in [-0.2, 0) is 17.6 Å². The molecule has 5 nitrogen and oxygen atoms in total. The quantitative estimate of drug-likeness (QED) is 0.380. The molecule has 0 bridgehead atoms. The maximum Gasteiger partial charge on any atom is 0.261 e. The molecule has 1 N–H and O–H groups in total. The van der Waals surface area contributed by atoms with Gasteiger partial charge in [0.2, 0.25) is 0 Å². The maximum atomic E-state index is 12.4. The van der Waals surface area contributed by atoms with E-state index in [1.807, 2.05) is 54.6 Å². The zero-order valence-electron chi connectivity index (χ0n) is 18.1. The monoisotopic (exact) mass is 426 g/mol. The first-order valence-corrected chi connectivity index (χ1v) is 10.5. The van der Waals surface area contributed by atoms with E-state index in [4.69, 9.17) is 9.47 Å². The number of hydrogen-bond acceptors (Lipinski definition) is 4. The smallest absolute Gasteiger partial charge is 0.261 e. The average Bonchev–Trinajstić information content (AvgIpc) is 2.84.